The zero-order valence-corrected chi connectivity index (χ0v) is 14.3. The van der Waals surface area contributed by atoms with Crippen molar-refractivity contribution in [2.24, 2.45) is 11.8 Å². The second-order valence-corrected chi connectivity index (χ2v) is 7.14. The third kappa shape index (κ3) is 2.83. The van der Waals surface area contributed by atoms with Gasteiger partial charge in [0.25, 0.3) is 5.91 Å². The molecule has 4 rings (SSSR count). The Morgan fingerprint density at radius 3 is 2.81 bits per heavy atom. The number of aliphatic carboxylic acids is 1. The van der Waals surface area contributed by atoms with Crippen LogP contribution in [0.2, 0.25) is 0 Å². The van der Waals surface area contributed by atoms with Crippen LogP contribution in [0.15, 0.2) is 30.3 Å². The van der Waals surface area contributed by atoms with E-state index in [4.69, 9.17) is 0 Å². The molecule has 0 spiro atoms. The topological polar surface area (TPSA) is 102 Å². The number of aromatic nitrogens is 1. The first-order chi connectivity index (χ1) is 12.5. The summed E-state index contributed by atoms with van der Waals surface area (Å²) in [5.74, 6) is -1.35. The summed E-state index contributed by atoms with van der Waals surface area (Å²) in [6, 6.07) is 8.50. The van der Waals surface area contributed by atoms with Gasteiger partial charge in [0, 0.05) is 17.4 Å². The number of hydrogen-bond acceptors (Lipinski definition) is 3. The van der Waals surface area contributed by atoms with Crippen LogP contribution in [0.25, 0.3) is 10.9 Å². The highest BCUT2D eigenvalue weighted by molar-refractivity contribution is 5.99. The van der Waals surface area contributed by atoms with Gasteiger partial charge in [-0.05, 0) is 36.8 Å². The minimum Gasteiger partial charge on any atom is -0.480 e. The van der Waals surface area contributed by atoms with Gasteiger partial charge in [-0.1, -0.05) is 24.6 Å². The number of nitrogens with one attached hydrogen (secondary N) is 2. The number of carbonyl (C=O) groups is 3. The van der Waals surface area contributed by atoms with Crippen LogP contribution >= 0.6 is 0 Å². The first-order valence-corrected chi connectivity index (χ1v) is 8.93. The molecule has 2 aliphatic rings. The molecule has 3 unspecified atom stereocenters. The number of nitrogens with zero attached hydrogens (tertiary/aromatic N) is 1. The highest BCUT2D eigenvalue weighted by Gasteiger charge is 2.49. The van der Waals surface area contributed by atoms with E-state index in [0.717, 1.165) is 30.2 Å². The van der Waals surface area contributed by atoms with Crippen LogP contribution in [-0.2, 0) is 9.59 Å². The largest absolute Gasteiger partial charge is 0.480 e. The average molecular weight is 355 g/mol. The van der Waals surface area contributed by atoms with Crippen molar-refractivity contribution in [2.45, 2.75) is 25.3 Å². The second kappa shape index (κ2) is 6.48. The van der Waals surface area contributed by atoms with Crippen molar-refractivity contribution in [1.29, 1.82) is 0 Å². The molecule has 1 saturated carbocycles. The van der Waals surface area contributed by atoms with Gasteiger partial charge >= 0.3 is 5.97 Å². The summed E-state index contributed by atoms with van der Waals surface area (Å²) in [6.07, 6.45) is 2.85. The molecule has 136 valence electrons. The summed E-state index contributed by atoms with van der Waals surface area (Å²) in [5.41, 5.74) is 1.23. The number of carboxylic acid groups (broad SMARTS) is 1. The number of carbonyl (C=O) groups excluding carboxylic acids is 2. The van der Waals surface area contributed by atoms with E-state index in [9.17, 15) is 19.5 Å². The monoisotopic (exact) mass is 355 g/mol. The molecule has 1 aromatic carbocycles. The summed E-state index contributed by atoms with van der Waals surface area (Å²) in [4.78, 5) is 40.9. The first-order valence-electron chi connectivity index (χ1n) is 8.93. The molecule has 3 atom stereocenters. The lowest BCUT2D eigenvalue weighted by Crippen LogP contribution is -2.47. The molecule has 1 aromatic heterocycles. The Labute approximate surface area is 150 Å². The van der Waals surface area contributed by atoms with Crippen LogP contribution in [0, 0.1) is 11.8 Å². The number of fused-ring (bicyclic) bond motifs is 2. The van der Waals surface area contributed by atoms with Gasteiger partial charge in [-0.15, -0.1) is 0 Å². The standard InChI is InChI=1S/C19H21N3O4/c23-16(22-10-12-5-3-6-13(12)17(22)19(25)26)9-20-18(24)15-8-11-4-1-2-7-14(11)21-15/h1-2,4,7-8,12-13,17,21H,3,5-6,9-10H2,(H,20,24)(H,25,26). The summed E-state index contributed by atoms with van der Waals surface area (Å²) in [5, 5.41) is 13.1. The molecular formula is C19H21N3O4. The zero-order valence-electron chi connectivity index (χ0n) is 14.3. The van der Waals surface area contributed by atoms with Crippen LogP contribution in [0.4, 0.5) is 0 Å². The number of carboxylic acids is 1. The van der Waals surface area contributed by atoms with E-state index < -0.39 is 12.0 Å². The lowest BCUT2D eigenvalue weighted by atomic mass is 9.94. The molecule has 7 heteroatoms. The fourth-order valence-electron chi connectivity index (χ4n) is 4.43. The lowest BCUT2D eigenvalue weighted by Gasteiger charge is -2.24. The average Bonchev–Trinajstić information content (AvgIpc) is 3.31. The molecule has 2 heterocycles. The smallest absolute Gasteiger partial charge is 0.326 e. The van der Waals surface area contributed by atoms with Crippen molar-refractivity contribution in [1.82, 2.24) is 15.2 Å². The molecule has 3 N–H and O–H groups in total. The van der Waals surface area contributed by atoms with E-state index in [1.165, 1.54) is 4.90 Å². The van der Waals surface area contributed by atoms with Crippen molar-refractivity contribution in [3.63, 3.8) is 0 Å². The van der Waals surface area contributed by atoms with E-state index in [2.05, 4.69) is 10.3 Å². The van der Waals surface area contributed by atoms with Gasteiger partial charge < -0.3 is 20.3 Å². The van der Waals surface area contributed by atoms with Crippen LogP contribution < -0.4 is 5.32 Å². The number of rotatable bonds is 4. The van der Waals surface area contributed by atoms with Crippen LogP contribution in [0.5, 0.6) is 0 Å². The molecule has 2 amide bonds. The maximum atomic E-state index is 12.5. The van der Waals surface area contributed by atoms with Crippen molar-refractivity contribution < 1.29 is 19.5 Å². The first kappa shape index (κ1) is 16.6. The Hall–Kier alpha value is -2.83. The van der Waals surface area contributed by atoms with Crippen molar-refractivity contribution in [3.8, 4) is 0 Å². The van der Waals surface area contributed by atoms with E-state index >= 15 is 0 Å². The Kier molecular flexibility index (Phi) is 4.14. The summed E-state index contributed by atoms with van der Waals surface area (Å²) in [6.45, 7) is 0.278. The van der Waals surface area contributed by atoms with Gasteiger partial charge in [0.05, 0.1) is 6.54 Å². The third-order valence-corrected chi connectivity index (χ3v) is 5.64. The number of H-pyrrole nitrogens is 1. The van der Waals surface area contributed by atoms with E-state index in [-0.39, 0.29) is 30.2 Å². The maximum Gasteiger partial charge on any atom is 0.326 e. The SMILES string of the molecule is O=C(NCC(=O)N1CC2CCCC2C1C(=O)O)c1cc2ccccc2[nH]1. The summed E-state index contributed by atoms with van der Waals surface area (Å²) in [7, 11) is 0. The normalized spacial score (nSPS) is 24.6. The molecule has 0 radical (unpaired) electrons. The third-order valence-electron chi connectivity index (χ3n) is 5.64. The fourth-order valence-corrected chi connectivity index (χ4v) is 4.43. The Morgan fingerprint density at radius 2 is 2.04 bits per heavy atom. The number of para-hydroxylation sites is 1. The summed E-state index contributed by atoms with van der Waals surface area (Å²) < 4.78 is 0. The molecule has 1 saturated heterocycles. The van der Waals surface area contributed by atoms with Gasteiger partial charge in [0.1, 0.15) is 11.7 Å². The predicted molar refractivity (Wildman–Crippen MR) is 94.6 cm³/mol. The molecule has 2 fully saturated rings. The Balaban J connectivity index is 1.41. The van der Waals surface area contributed by atoms with Crippen LogP contribution in [-0.4, -0.2) is 51.9 Å². The number of benzene rings is 1. The lowest BCUT2D eigenvalue weighted by molar-refractivity contribution is -0.149. The molecule has 1 aliphatic heterocycles. The molecule has 7 nitrogen and oxygen atoms in total. The van der Waals surface area contributed by atoms with E-state index in [1.54, 1.807) is 6.07 Å². The quantitative estimate of drug-likeness (QED) is 0.775. The summed E-state index contributed by atoms with van der Waals surface area (Å²) >= 11 is 0. The van der Waals surface area contributed by atoms with E-state index in [0.29, 0.717) is 12.2 Å². The Morgan fingerprint density at radius 1 is 1.23 bits per heavy atom. The van der Waals surface area contributed by atoms with Crippen LogP contribution in [0.1, 0.15) is 29.8 Å². The Bertz CT molecular complexity index is 842. The molecule has 1 aliphatic carbocycles. The van der Waals surface area contributed by atoms with Gasteiger partial charge in [-0.25, -0.2) is 4.79 Å². The minimum absolute atomic E-state index is 0.0425. The number of aromatic amines is 1. The van der Waals surface area contributed by atoms with Crippen molar-refractivity contribution in [3.05, 3.63) is 36.0 Å². The van der Waals surface area contributed by atoms with Gasteiger partial charge in [-0.2, -0.15) is 0 Å². The van der Waals surface area contributed by atoms with Gasteiger partial charge in [-0.3, -0.25) is 9.59 Å². The number of likely N-dealkylation sites (tertiary alicyclic amines) is 1. The van der Waals surface area contributed by atoms with Crippen LogP contribution in [0.3, 0.4) is 0 Å². The maximum absolute atomic E-state index is 12.5. The number of hydrogen-bond donors (Lipinski definition) is 3. The predicted octanol–water partition coefficient (Wildman–Crippen LogP) is 1.61. The second-order valence-electron chi connectivity index (χ2n) is 7.14. The van der Waals surface area contributed by atoms with Crippen molar-refractivity contribution >= 4 is 28.7 Å². The van der Waals surface area contributed by atoms with Gasteiger partial charge in [0.2, 0.25) is 5.91 Å². The van der Waals surface area contributed by atoms with Gasteiger partial charge in [0.15, 0.2) is 0 Å². The molecule has 2 aromatic rings. The highest BCUT2D eigenvalue weighted by Crippen LogP contribution is 2.42. The van der Waals surface area contributed by atoms with Crippen molar-refractivity contribution in [2.75, 3.05) is 13.1 Å². The molecule has 26 heavy (non-hydrogen) atoms. The fraction of sp³-hybridized carbons (Fsp3) is 0.421. The van der Waals surface area contributed by atoms with E-state index in [1.807, 2.05) is 24.3 Å². The zero-order chi connectivity index (χ0) is 18.3. The molecular weight excluding hydrogens is 334 g/mol. The highest BCUT2D eigenvalue weighted by atomic mass is 16.4. The molecule has 0 bridgehead atoms. The number of amides is 2. The minimum atomic E-state index is -0.949.